The van der Waals surface area contributed by atoms with Gasteiger partial charge in [0.05, 0.1) is 25.4 Å². The van der Waals surface area contributed by atoms with E-state index < -0.39 is 21.8 Å². The number of nitrogens with zero attached hydrogens (tertiary/aromatic N) is 1. The van der Waals surface area contributed by atoms with Crippen molar-refractivity contribution in [2.45, 2.75) is 51.5 Å². The van der Waals surface area contributed by atoms with Crippen LogP contribution in [0.1, 0.15) is 27.7 Å². The van der Waals surface area contributed by atoms with Gasteiger partial charge in [-0.1, -0.05) is 0 Å². The number of ether oxygens (including phenoxy) is 4. The molecule has 0 amide bonds. The van der Waals surface area contributed by atoms with Gasteiger partial charge in [0.15, 0.2) is 11.6 Å². The molecule has 2 unspecified atom stereocenters. The SMILES string of the molecule is CC1(C)OCC(CN(CC2COC(C)(C)O2)S(N)(=O)=O)O1. The fourth-order valence-electron chi connectivity index (χ4n) is 2.44. The summed E-state index contributed by atoms with van der Waals surface area (Å²) in [6.07, 6.45) is -0.706. The van der Waals surface area contributed by atoms with Crippen molar-refractivity contribution in [1.29, 1.82) is 0 Å². The second kappa shape index (κ2) is 5.73. The molecular formula is C12H24N2O6S. The number of hydrogen-bond donors (Lipinski definition) is 1. The highest BCUT2D eigenvalue weighted by atomic mass is 32.2. The van der Waals surface area contributed by atoms with Gasteiger partial charge in [-0.2, -0.15) is 12.7 Å². The quantitative estimate of drug-likeness (QED) is 0.751. The summed E-state index contributed by atoms with van der Waals surface area (Å²) in [5.41, 5.74) is 0. The van der Waals surface area contributed by atoms with E-state index in [0.717, 1.165) is 4.31 Å². The third kappa shape index (κ3) is 4.85. The number of nitrogens with two attached hydrogens (primary N) is 1. The summed E-state index contributed by atoms with van der Waals surface area (Å²) in [5, 5.41) is 5.28. The third-order valence-corrected chi connectivity index (χ3v) is 4.33. The van der Waals surface area contributed by atoms with E-state index in [1.807, 2.05) is 0 Å². The van der Waals surface area contributed by atoms with Crippen LogP contribution in [-0.4, -0.2) is 62.8 Å². The molecule has 2 rings (SSSR count). The minimum atomic E-state index is -3.85. The molecule has 0 spiro atoms. The zero-order valence-corrected chi connectivity index (χ0v) is 13.7. The minimum absolute atomic E-state index is 0.128. The first-order chi connectivity index (χ1) is 9.47. The van der Waals surface area contributed by atoms with Gasteiger partial charge in [0, 0.05) is 13.1 Å². The highest BCUT2D eigenvalue weighted by Gasteiger charge is 2.38. The van der Waals surface area contributed by atoms with Crippen LogP contribution in [0.3, 0.4) is 0 Å². The van der Waals surface area contributed by atoms with Crippen molar-refractivity contribution in [2.75, 3.05) is 26.3 Å². The second-order valence-electron chi connectivity index (χ2n) is 6.26. The fraction of sp³-hybridized carbons (Fsp3) is 1.00. The molecule has 2 fully saturated rings. The van der Waals surface area contributed by atoms with E-state index in [2.05, 4.69) is 0 Å². The van der Waals surface area contributed by atoms with Gasteiger partial charge in [-0.15, -0.1) is 0 Å². The van der Waals surface area contributed by atoms with Crippen LogP contribution in [-0.2, 0) is 29.2 Å². The molecule has 0 bridgehead atoms. The first-order valence-corrected chi connectivity index (χ1v) is 8.39. The predicted octanol–water partition coefficient (Wildman–Crippen LogP) is -0.205. The third-order valence-electron chi connectivity index (χ3n) is 3.31. The van der Waals surface area contributed by atoms with Crippen LogP contribution in [0.2, 0.25) is 0 Å². The molecule has 2 saturated heterocycles. The Morgan fingerprint density at radius 1 is 1.00 bits per heavy atom. The number of hydrogen-bond acceptors (Lipinski definition) is 6. The lowest BCUT2D eigenvalue weighted by atomic mass is 10.3. The van der Waals surface area contributed by atoms with Crippen LogP contribution in [0.15, 0.2) is 0 Å². The summed E-state index contributed by atoms with van der Waals surface area (Å²) in [6, 6.07) is 0. The average Bonchev–Trinajstić information content (AvgIpc) is 2.79. The van der Waals surface area contributed by atoms with Gasteiger partial charge in [0.1, 0.15) is 0 Å². The van der Waals surface area contributed by atoms with Crippen molar-refractivity contribution in [2.24, 2.45) is 5.14 Å². The Hall–Kier alpha value is -0.290. The van der Waals surface area contributed by atoms with Crippen molar-refractivity contribution in [3.05, 3.63) is 0 Å². The maximum atomic E-state index is 11.7. The van der Waals surface area contributed by atoms with E-state index in [4.69, 9.17) is 24.1 Å². The van der Waals surface area contributed by atoms with Crippen LogP contribution < -0.4 is 5.14 Å². The molecule has 2 heterocycles. The molecule has 0 aliphatic carbocycles. The van der Waals surface area contributed by atoms with E-state index in [-0.39, 0.29) is 25.3 Å². The monoisotopic (exact) mass is 324 g/mol. The van der Waals surface area contributed by atoms with Crippen LogP contribution in [0, 0.1) is 0 Å². The number of rotatable bonds is 5. The molecule has 9 heteroatoms. The summed E-state index contributed by atoms with van der Waals surface area (Å²) in [4.78, 5) is 0. The molecule has 124 valence electrons. The Morgan fingerprint density at radius 2 is 1.38 bits per heavy atom. The summed E-state index contributed by atoms with van der Waals surface area (Å²) in [7, 11) is -3.85. The summed E-state index contributed by atoms with van der Waals surface area (Å²) < 4.78 is 46.7. The molecule has 0 aromatic heterocycles. The van der Waals surface area contributed by atoms with E-state index in [9.17, 15) is 8.42 Å². The molecule has 2 aliphatic rings. The van der Waals surface area contributed by atoms with Gasteiger partial charge in [0.25, 0.3) is 10.2 Å². The van der Waals surface area contributed by atoms with Crippen LogP contribution in [0.4, 0.5) is 0 Å². The maximum absolute atomic E-state index is 11.7. The fourth-order valence-corrected chi connectivity index (χ4v) is 3.19. The van der Waals surface area contributed by atoms with Gasteiger partial charge in [-0.3, -0.25) is 0 Å². The Labute approximate surface area is 125 Å². The highest BCUT2D eigenvalue weighted by Crippen LogP contribution is 2.25. The van der Waals surface area contributed by atoms with Gasteiger partial charge in [-0.25, -0.2) is 5.14 Å². The largest absolute Gasteiger partial charge is 0.348 e. The first kappa shape index (κ1) is 17.1. The lowest BCUT2D eigenvalue weighted by molar-refractivity contribution is -0.142. The highest BCUT2D eigenvalue weighted by molar-refractivity contribution is 7.86. The molecule has 2 atom stereocenters. The second-order valence-corrected chi connectivity index (χ2v) is 7.81. The zero-order valence-electron chi connectivity index (χ0n) is 12.9. The molecule has 8 nitrogen and oxygen atoms in total. The van der Waals surface area contributed by atoms with Crippen LogP contribution in [0.5, 0.6) is 0 Å². The van der Waals surface area contributed by atoms with Gasteiger partial charge in [0.2, 0.25) is 0 Å². The molecule has 0 aromatic carbocycles. The summed E-state index contributed by atoms with van der Waals surface area (Å²) in [5.74, 6) is -1.41. The lowest BCUT2D eigenvalue weighted by Crippen LogP contribution is -2.46. The van der Waals surface area contributed by atoms with Crippen molar-refractivity contribution >= 4 is 10.2 Å². The van der Waals surface area contributed by atoms with Crippen LogP contribution in [0.25, 0.3) is 0 Å². The Kier molecular flexibility index (Phi) is 4.66. The van der Waals surface area contributed by atoms with E-state index in [0.29, 0.717) is 13.2 Å². The molecule has 2 N–H and O–H groups in total. The van der Waals surface area contributed by atoms with Crippen LogP contribution >= 0.6 is 0 Å². The smallest absolute Gasteiger partial charge is 0.277 e. The minimum Gasteiger partial charge on any atom is -0.348 e. The zero-order chi connectivity index (χ0) is 15.9. The van der Waals surface area contributed by atoms with Crippen molar-refractivity contribution in [3.8, 4) is 0 Å². The molecule has 0 radical (unpaired) electrons. The molecular weight excluding hydrogens is 300 g/mol. The first-order valence-electron chi connectivity index (χ1n) is 6.88. The Bertz CT molecular complexity index is 450. The molecule has 21 heavy (non-hydrogen) atoms. The Balaban J connectivity index is 1.97. The van der Waals surface area contributed by atoms with Crippen molar-refractivity contribution in [3.63, 3.8) is 0 Å². The van der Waals surface area contributed by atoms with Crippen molar-refractivity contribution in [1.82, 2.24) is 4.31 Å². The van der Waals surface area contributed by atoms with Crippen molar-refractivity contribution < 1.29 is 27.4 Å². The van der Waals surface area contributed by atoms with Gasteiger partial charge < -0.3 is 18.9 Å². The van der Waals surface area contributed by atoms with Gasteiger partial charge in [-0.05, 0) is 27.7 Å². The Morgan fingerprint density at radius 3 is 1.62 bits per heavy atom. The van der Waals surface area contributed by atoms with E-state index >= 15 is 0 Å². The van der Waals surface area contributed by atoms with Gasteiger partial charge >= 0.3 is 0 Å². The standard InChI is InChI=1S/C12H24N2O6S/c1-11(2)17-7-9(19-11)5-14(21(13,15)16)6-10-8-18-12(3,4)20-10/h9-10H,5-8H2,1-4H3,(H2,13,15,16). The van der Waals surface area contributed by atoms with E-state index in [1.165, 1.54) is 0 Å². The molecule has 0 aromatic rings. The van der Waals surface area contributed by atoms with E-state index in [1.54, 1.807) is 27.7 Å². The maximum Gasteiger partial charge on any atom is 0.277 e. The average molecular weight is 324 g/mol. The normalized spacial score (nSPS) is 31.9. The predicted molar refractivity (Wildman–Crippen MR) is 74.5 cm³/mol. The summed E-state index contributed by atoms with van der Waals surface area (Å²) in [6.45, 7) is 8.04. The molecule has 0 saturated carbocycles. The summed E-state index contributed by atoms with van der Waals surface area (Å²) >= 11 is 0. The lowest BCUT2D eigenvalue weighted by Gasteiger charge is -2.25. The topological polar surface area (TPSA) is 100 Å². The molecule has 2 aliphatic heterocycles.